The molecule has 0 atom stereocenters. The Kier molecular flexibility index (Phi) is 4.86. The number of aromatic amines is 1. The Balaban J connectivity index is 1.45. The molecule has 2 heterocycles. The van der Waals surface area contributed by atoms with Gasteiger partial charge in [0.1, 0.15) is 5.82 Å². The summed E-state index contributed by atoms with van der Waals surface area (Å²) in [6, 6.07) is 21.7. The molecule has 3 aromatic carbocycles. The number of nitrogens with zero attached hydrogens (tertiary/aromatic N) is 2. The van der Waals surface area contributed by atoms with Crippen LogP contribution in [0.15, 0.2) is 71.5 Å². The fraction of sp³-hybridized carbons (Fsp3) is 0.192. The molecular weight excluding hydrogens is 386 g/mol. The molecule has 1 N–H and O–H groups in total. The molecule has 0 spiro atoms. The van der Waals surface area contributed by atoms with E-state index in [2.05, 4.69) is 24.0 Å². The highest BCUT2D eigenvalue weighted by molar-refractivity contribution is 6.07. The van der Waals surface area contributed by atoms with Gasteiger partial charge in [-0.3, -0.25) is 9.59 Å². The fourth-order valence-corrected chi connectivity index (χ4v) is 4.22. The molecule has 0 saturated carbocycles. The largest absolute Gasteiger partial charge is 0.334 e. The first-order chi connectivity index (χ1) is 15.1. The number of amides is 1. The van der Waals surface area contributed by atoms with Crippen molar-refractivity contribution in [1.82, 2.24) is 14.9 Å². The molecule has 0 radical (unpaired) electrons. The number of hydrogen-bond donors (Lipinski definition) is 1. The van der Waals surface area contributed by atoms with Crippen molar-refractivity contribution in [3.63, 3.8) is 0 Å². The highest BCUT2D eigenvalue weighted by Crippen LogP contribution is 2.24. The van der Waals surface area contributed by atoms with Gasteiger partial charge < -0.3 is 9.88 Å². The van der Waals surface area contributed by atoms with Crippen molar-refractivity contribution < 1.29 is 4.79 Å². The van der Waals surface area contributed by atoms with Crippen molar-refractivity contribution in [3.05, 3.63) is 99.5 Å². The molecule has 31 heavy (non-hydrogen) atoms. The van der Waals surface area contributed by atoms with Crippen LogP contribution in [0.2, 0.25) is 0 Å². The van der Waals surface area contributed by atoms with E-state index in [0.717, 1.165) is 28.5 Å². The van der Waals surface area contributed by atoms with Crippen LogP contribution in [0.4, 0.5) is 0 Å². The van der Waals surface area contributed by atoms with Gasteiger partial charge in [0.15, 0.2) is 0 Å². The van der Waals surface area contributed by atoms with E-state index in [1.807, 2.05) is 54.6 Å². The molecule has 1 aromatic heterocycles. The van der Waals surface area contributed by atoms with Gasteiger partial charge in [-0.1, -0.05) is 67.6 Å². The van der Waals surface area contributed by atoms with Crippen molar-refractivity contribution >= 4 is 16.7 Å². The summed E-state index contributed by atoms with van der Waals surface area (Å²) in [6.45, 7) is 2.92. The summed E-state index contributed by atoms with van der Waals surface area (Å²) in [4.78, 5) is 35.5. The summed E-state index contributed by atoms with van der Waals surface area (Å²) in [5.41, 5.74) is 3.99. The van der Waals surface area contributed by atoms with E-state index in [0.29, 0.717) is 29.9 Å². The van der Waals surface area contributed by atoms with Crippen molar-refractivity contribution in [2.45, 2.75) is 26.3 Å². The minimum atomic E-state index is -0.171. The standard InChI is InChI=1S/C26H23N3O2/c1-2-17-10-12-19(13-11-17)24-27-23-14-15-29(16-22(23)25(30)28-24)26(31)21-9-5-7-18-6-3-4-8-20(18)21/h3-13H,2,14-16H2,1H3,(H,27,28,30). The lowest BCUT2D eigenvalue weighted by Crippen LogP contribution is -2.39. The van der Waals surface area contributed by atoms with Gasteiger partial charge in [0.25, 0.3) is 11.5 Å². The minimum Gasteiger partial charge on any atom is -0.334 e. The molecule has 1 aliphatic rings. The molecule has 0 saturated heterocycles. The number of carbonyl (C=O) groups is 1. The number of carbonyl (C=O) groups excluding carboxylic acids is 1. The van der Waals surface area contributed by atoms with Crippen LogP contribution in [0.1, 0.15) is 34.1 Å². The van der Waals surface area contributed by atoms with Crippen LogP contribution in [0.25, 0.3) is 22.2 Å². The zero-order valence-corrected chi connectivity index (χ0v) is 17.4. The molecule has 0 fully saturated rings. The first-order valence-electron chi connectivity index (χ1n) is 10.6. The summed E-state index contributed by atoms with van der Waals surface area (Å²) >= 11 is 0. The van der Waals surface area contributed by atoms with E-state index in [1.54, 1.807) is 4.90 Å². The lowest BCUT2D eigenvalue weighted by atomic mass is 10.0. The summed E-state index contributed by atoms with van der Waals surface area (Å²) in [7, 11) is 0. The van der Waals surface area contributed by atoms with Crippen LogP contribution >= 0.6 is 0 Å². The maximum absolute atomic E-state index is 13.3. The number of aromatic nitrogens is 2. The Morgan fingerprint density at radius 2 is 1.81 bits per heavy atom. The normalized spacial score (nSPS) is 13.3. The SMILES string of the molecule is CCc1ccc(-c2nc3c(c(=O)[nH]2)CN(C(=O)c2cccc4ccccc24)CC3)cc1. The highest BCUT2D eigenvalue weighted by atomic mass is 16.2. The van der Waals surface area contributed by atoms with Gasteiger partial charge >= 0.3 is 0 Å². The van der Waals surface area contributed by atoms with Gasteiger partial charge in [0.2, 0.25) is 0 Å². The van der Waals surface area contributed by atoms with Crippen LogP contribution in [-0.2, 0) is 19.4 Å². The molecular formula is C26H23N3O2. The maximum Gasteiger partial charge on any atom is 0.256 e. The van der Waals surface area contributed by atoms with Crippen LogP contribution in [-0.4, -0.2) is 27.3 Å². The predicted octanol–water partition coefficient (Wildman–Crippen LogP) is 4.35. The van der Waals surface area contributed by atoms with Crippen LogP contribution < -0.4 is 5.56 Å². The average molecular weight is 409 g/mol. The number of rotatable bonds is 3. The number of benzene rings is 3. The summed E-state index contributed by atoms with van der Waals surface area (Å²) in [5.74, 6) is 0.529. The molecule has 1 amide bonds. The number of fused-ring (bicyclic) bond motifs is 2. The quantitative estimate of drug-likeness (QED) is 0.547. The Morgan fingerprint density at radius 1 is 1.03 bits per heavy atom. The topological polar surface area (TPSA) is 66.1 Å². The Labute approximate surface area is 180 Å². The molecule has 0 bridgehead atoms. The molecule has 154 valence electrons. The zero-order valence-electron chi connectivity index (χ0n) is 17.4. The van der Waals surface area contributed by atoms with Crippen molar-refractivity contribution in [2.24, 2.45) is 0 Å². The van der Waals surface area contributed by atoms with E-state index >= 15 is 0 Å². The average Bonchev–Trinajstić information content (AvgIpc) is 2.83. The second-order valence-corrected chi connectivity index (χ2v) is 7.89. The molecule has 0 aliphatic carbocycles. The minimum absolute atomic E-state index is 0.0546. The van der Waals surface area contributed by atoms with Gasteiger partial charge in [-0.15, -0.1) is 0 Å². The van der Waals surface area contributed by atoms with E-state index in [1.165, 1.54) is 5.56 Å². The van der Waals surface area contributed by atoms with Gasteiger partial charge in [-0.2, -0.15) is 0 Å². The first-order valence-corrected chi connectivity index (χ1v) is 10.6. The number of hydrogen-bond acceptors (Lipinski definition) is 3. The fourth-order valence-electron chi connectivity index (χ4n) is 4.22. The summed E-state index contributed by atoms with van der Waals surface area (Å²) < 4.78 is 0. The molecule has 5 rings (SSSR count). The second kappa shape index (κ2) is 7.84. The van der Waals surface area contributed by atoms with Crippen molar-refractivity contribution in [3.8, 4) is 11.4 Å². The highest BCUT2D eigenvalue weighted by Gasteiger charge is 2.26. The molecule has 1 aliphatic heterocycles. The smallest absolute Gasteiger partial charge is 0.256 e. The summed E-state index contributed by atoms with van der Waals surface area (Å²) in [5, 5.41) is 1.96. The second-order valence-electron chi connectivity index (χ2n) is 7.89. The van der Waals surface area contributed by atoms with Gasteiger partial charge in [0, 0.05) is 24.1 Å². The predicted molar refractivity (Wildman–Crippen MR) is 122 cm³/mol. The zero-order chi connectivity index (χ0) is 21.4. The first kappa shape index (κ1) is 19.2. The van der Waals surface area contributed by atoms with Crippen LogP contribution in [0.3, 0.4) is 0 Å². The van der Waals surface area contributed by atoms with E-state index in [4.69, 9.17) is 4.98 Å². The number of H-pyrrole nitrogens is 1. The van der Waals surface area contributed by atoms with Crippen molar-refractivity contribution in [1.29, 1.82) is 0 Å². The third-order valence-corrected chi connectivity index (χ3v) is 6.01. The molecule has 5 nitrogen and oxygen atoms in total. The third kappa shape index (κ3) is 3.52. The van der Waals surface area contributed by atoms with E-state index < -0.39 is 0 Å². The Bertz CT molecular complexity index is 1330. The molecule has 4 aromatic rings. The monoisotopic (exact) mass is 409 g/mol. The van der Waals surface area contributed by atoms with Gasteiger partial charge in [0.05, 0.1) is 17.8 Å². The Morgan fingerprint density at radius 3 is 2.61 bits per heavy atom. The van der Waals surface area contributed by atoms with Gasteiger partial charge in [-0.05, 0) is 28.8 Å². The lowest BCUT2D eigenvalue weighted by molar-refractivity contribution is 0.0734. The number of nitrogens with one attached hydrogen (secondary N) is 1. The number of aryl methyl sites for hydroxylation is 1. The van der Waals surface area contributed by atoms with Crippen molar-refractivity contribution in [2.75, 3.05) is 6.54 Å². The van der Waals surface area contributed by atoms with E-state index in [-0.39, 0.29) is 18.0 Å². The summed E-state index contributed by atoms with van der Waals surface area (Å²) in [6.07, 6.45) is 1.53. The van der Waals surface area contributed by atoms with E-state index in [9.17, 15) is 9.59 Å². The molecule has 0 unspecified atom stereocenters. The lowest BCUT2D eigenvalue weighted by Gasteiger charge is -2.28. The maximum atomic E-state index is 13.3. The van der Waals surface area contributed by atoms with Crippen LogP contribution in [0.5, 0.6) is 0 Å². The third-order valence-electron chi connectivity index (χ3n) is 6.01. The van der Waals surface area contributed by atoms with Crippen LogP contribution in [0, 0.1) is 0 Å². The Hall–Kier alpha value is -3.73. The van der Waals surface area contributed by atoms with Gasteiger partial charge in [-0.25, -0.2) is 4.98 Å². The molecule has 5 heteroatoms.